The van der Waals surface area contributed by atoms with Gasteiger partial charge in [0.05, 0.1) is 6.54 Å². The molecule has 0 radical (unpaired) electrons. The van der Waals surface area contributed by atoms with E-state index in [-0.39, 0.29) is 0 Å². The van der Waals surface area contributed by atoms with Gasteiger partial charge in [-0.15, -0.1) is 0 Å². The van der Waals surface area contributed by atoms with Gasteiger partial charge < -0.3 is 10.3 Å². The van der Waals surface area contributed by atoms with E-state index in [9.17, 15) is 0 Å². The zero-order valence-corrected chi connectivity index (χ0v) is 8.44. The Balaban J connectivity index is 1.86. The topological polar surface area (TPSA) is 68.2 Å². The number of nitrogens with two attached hydrogens (primary N) is 1. The molecule has 1 aliphatic heterocycles. The molecule has 2 N–H and O–H groups in total. The highest BCUT2D eigenvalue weighted by atomic mass is 16.5. The number of aryl methyl sites for hydroxylation is 1. The zero-order chi connectivity index (χ0) is 9.97. The average molecular weight is 196 g/mol. The van der Waals surface area contributed by atoms with E-state index < -0.39 is 0 Å². The third-order valence-corrected chi connectivity index (χ3v) is 2.57. The molecule has 0 aliphatic carbocycles. The molecule has 1 aliphatic rings. The molecule has 0 atom stereocenters. The number of rotatable bonds is 2. The fraction of sp³-hybridized carbons (Fsp3) is 0.778. The number of likely N-dealkylation sites (tertiary alicyclic amines) is 1. The van der Waals surface area contributed by atoms with E-state index in [1.807, 2.05) is 6.92 Å². The number of hydrogen-bond acceptors (Lipinski definition) is 5. The Kier molecular flexibility index (Phi) is 2.79. The predicted octanol–water partition coefficient (Wildman–Crippen LogP) is 0.301. The second kappa shape index (κ2) is 4.06. The molecule has 1 aromatic rings. The van der Waals surface area contributed by atoms with E-state index >= 15 is 0 Å². The van der Waals surface area contributed by atoms with Crippen molar-refractivity contribution < 1.29 is 4.52 Å². The van der Waals surface area contributed by atoms with E-state index in [1.54, 1.807) is 0 Å². The Morgan fingerprint density at radius 1 is 1.50 bits per heavy atom. The second-order valence-corrected chi connectivity index (χ2v) is 3.84. The van der Waals surface area contributed by atoms with E-state index in [0.717, 1.165) is 38.3 Å². The summed E-state index contributed by atoms with van der Waals surface area (Å²) in [6.45, 7) is 4.66. The SMILES string of the molecule is Cc1nc(CN2CCC(N)CC2)no1. The number of hydrogen-bond donors (Lipinski definition) is 1. The molecular weight excluding hydrogens is 180 g/mol. The highest BCUT2D eigenvalue weighted by Gasteiger charge is 2.17. The monoisotopic (exact) mass is 196 g/mol. The molecule has 1 fully saturated rings. The van der Waals surface area contributed by atoms with Crippen LogP contribution >= 0.6 is 0 Å². The number of aromatic nitrogens is 2. The summed E-state index contributed by atoms with van der Waals surface area (Å²) in [5.41, 5.74) is 5.82. The highest BCUT2D eigenvalue weighted by molar-refractivity contribution is 4.85. The summed E-state index contributed by atoms with van der Waals surface area (Å²) in [6, 6.07) is 0.373. The van der Waals surface area contributed by atoms with Crippen molar-refractivity contribution in [3.8, 4) is 0 Å². The Bertz CT molecular complexity index is 291. The Morgan fingerprint density at radius 2 is 2.21 bits per heavy atom. The average Bonchev–Trinajstić information content (AvgIpc) is 2.56. The van der Waals surface area contributed by atoms with Crippen molar-refractivity contribution in [2.24, 2.45) is 5.73 Å². The standard InChI is InChI=1S/C9H16N4O/c1-7-11-9(12-14-7)6-13-4-2-8(10)3-5-13/h8H,2-6,10H2,1H3. The fourth-order valence-electron chi connectivity index (χ4n) is 1.72. The molecule has 0 spiro atoms. The number of nitrogens with zero attached hydrogens (tertiary/aromatic N) is 3. The summed E-state index contributed by atoms with van der Waals surface area (Å²) < 4.78 is 4.91. The summed E-state index contributed by atoms with van der Waals surface area (Å²) in [7, 11) is 0. The zero-order valence-electron chi connectivity index (χ0n) is 8.44. The molecule has 1 aromatic heterocycles. The van der Waals surface area contributed by atoms with E-state index in [2.05, 4.69) is 15.0 Å². The molecule has 14 heavy (non-hydrogen) atoms. The lowest BCUT2D eigenvalue weighted by molar-refractivity contribution is 0.199. The molecule has 1 saturated heterocycles. The Labute approximate surface area is 83.3 Å². The van der Waals surface area contributed by atoms with Crippen molar-refractivity contribution in [1.82, 2.24) is 15.0 Å². The van der Waals surface area contributed by atoms with Crippen molar-refractivity contribution in [3.63, 3.8) is 0 Å². The van der Waals surface area contributed by atoms with Gasteiger partial charge in [0.25, 0.3) is 0 Å². The molecule has 0 aromatic carbocycles. The fourth-order valence-corrected chi connectivity index (χ4v) is 1.72. The quantitative estimate of drug-likeness (QED) is 0.736. The summed E-state index contributed by atoms with van der Waals surface area (Å²) in [5.74, 6) is 1.41. The van der Waals surface area contributed by atoms with Crippen LogP contribution in [0.4, 0.5) is 0 Å². The lowest BCUT2D eigenvalue weighted by atomic mass is 10.1. The maximum Gasteiger partial charge on any atom is 0.223 e. The summed E-state index contributed by atoms with van der Waals surface area (Å²) in [5, 5.41) is 3.87. The molecule has 2 heterocycles. The minimum absolute atomic E-state index is 0.373. The van der Waals surface area contributed by atoms with Gasteiger partial charge in [-0.3, -0.25) is 4.90 Å². The van der Waals surface area contributed by atoms with Gasteiger partial charge in [-0.25, -0.2) is 0 Å². The normalized spacial score (nSPS) is 20.1. The van der Waals surface area contributed by atoms with Crippen LogP contribution in [0.25, 0.3) is 0 Å². The molecule has 78 valence electrons. The minimum atomic E-state index is 0.373. The van der Waals surface area contributed by atoms with E-state index in [4.69, 9.17) is 10.3 Å². The van der Waals surface area contributed by atoms with Crippen LogP contribution in [-0.2, 0) is 6.54 Å². The van der Waals surface area contributed by atoms with Crippen molar-refractivity contribution in [3.05, 3.63) is 11.7 Å². The van der Waals surface area contributed by atoms with Crippen LogP contribution < -0.4 is 5.73 Å². The lowest BCUT2D eigenvalue weighted by Gasteiger charge is -2.28. The Hall–Kier alpha value is -0.940. The van der Waals surface area contributed by atoms with Crippen LogP contribution in [0.3, 0.4) is 0 Å². The van der Waals surface area contributed by atoms with Crippen LogP contribution in [0.2, 0.25) is 0 Å². The molecular formula is C9H16N4O. The lowest BCUT2D eigenvalue weighted by Crippen LogP contribution is -2.39. The van der Waals surface area contributed by atoms with Gasteiger partial charge in [0, 0.05) is 26.1 Å². The smallest absolute Gasteiger partial charge is 0.223 e. The Morgan fingerprint density at radius 3 is 2.79 bits per heavy atom. The molecule has 2 rings (SSSR count). The molecule has 5 heteroatoms. The van der Waals surface area contributed by atoms with Crippen LogP contribution in [0, 0.1) is 6.92 Å². The minimum Gasteiger partial charge on any atom is -0.340 e. The summed E-state index contributed by atoms with van der Waals surface area (Å²) >= 11 is 0. The summed E-state index contributed by atoms with van der Waals surface area (Å²) in [4.78, 5) is 6.49. The van der Waals surface area contributed by atoms with Gasteiger partial charge in [0.15, 0.2) is 5.82 Å². The first-order chi connectivity index (χ1) is 6.74. The molecule has 0 bridgehead atoms. The van der Waals surface area contributed by atoms with Gasteiger partial charge in [-0.1, -0.05) is 5.16 Å². The second-order valence-electron chi connectivity index (χ2n) is 3.84. The maximum absolute atomic E-state index is 5.82. The molecule has 0 unspecified atom stereocenters. The maximum atomic E-state index is 5.82. The van der Waals surface area contributed by atoms with Crippen molar-refractivity contribution in [1.29, 1.82) is 0 Å². The van der Waals surface area contributed by atoms with Crippen LogP contribution in [0.5, 0.6) is 0 Å². The van der Waals surface area contributed by atoms with Crippen molar-refractivity contribution in [2.45, 2.75) is 32.4 Å². The van der Waals surface area contributed by atoms with Crippen LogP contribution in [0.1, 0.15) is 24.6 Å². The largest absolute Gasteiger partial charge is 0.340 e. The van der Waals surface area contributed by atoms with Crippen LogP contribution in [-0.4, -0.2) is 34.2 Å². The van der Waals surface area contributed by atoms with Gasteiger partial charge in [0.2, 0.25) is 5.89 Å². The molecule has 5 nitrogen and oxygen atoms in total. The van der Waals surface area contributed by atoms with E-state index in [0.29, 0.717) is 11.9 Å². The third kappa shape index (κ3) is 2.30. The third-order valence-electron chi connectivity index (χ3n) is 2.57. The first-order valence-electron chi connectivity index (χ1n) is 5.01. The van der Waals surface area contributed by atoms with Crippen LogP contribution in [0.15, 0.2) is 4.52 Å². The number of piperidine rings is 1. The van der Waals surface area contributed by atoms with Gasteiger partial charge in [-0.05, 0) is 12.8 Å². The van der Waals surface area contributed by atoms with Crippen molar-refractivity contribution in [2.75, 3.05) is 13.1 Å². The van der Waals surface area contributed by atoms with Gasteiger partial charge in [0.1, 0.15) is 0 Å². The van der Waals surface area contributed by atoms with Crippen molar-refractivity contribution >= 4 is 0 Å². The first kappa shape index (κ1) is 9.61. The predicted molar refractivity (Wildman–Crippen MR) is 51.5 cm³/mol. The van der Waals surface area contributed by atoms with Gasteiger partial charge in [-0.2, -0.15) is 4.98 Å². The first-order valence-corrected chi connectivity index (χ1v) is 5.01. The highest BCUT2D eigenvalue weighted by Crippen LogP contribution is 2.10. The van der Waals surface area contributed by atoms with E-state index in [1.165, 1.54) is 0 Å². The molecule has 0 saturated carbocycles. The van der Waals surface area contributed by atoms with Gasteiger partial charge >= 0.3 is 0 Å². The molecule has 0 amide bonds. The summed E-state index contributed by atoms with van der Waals surface area (Å²) in [6.07, 6.45) is 2.13.